The Bertz CT molecular complexity index is 550. The molecule has 1 N–H and O–H groups in total. The highest BCUT2D eigenvalue weighted by atomic mass is 16.5. The normalized spacial score (nSPS) is 12.3. The summed E-state index contributed by atoms with van der Waals surface area (Å²) in [5, 5.41) is 3.57. The fourth-order valence-electron chi connectivity index (χ4n) is 2.59. The Hall–Kier alpha value is -1.81. The molecule has 1 unspecified atom stereocenters. The Balaban J connectivity index is 1.96. The van der Waals surface area contributed by atoms with Crippen LogP contribution in [0, 0.1) is 0 Å². The van der Waals surface area contributed by atoms with E-state index < -0.39 is 0 Å². The number of imidazole rings is 1. The van der Waals surface area contributed by atoms with Crippen LogP contribution in [0.2, 0.25) is 0 Å². The Labute approximate surface area is 127 Å². The van der Waals surface area contributed by atoms with Crippen LogP contribution in [0.15, 0.2) is 36.7 Å². The Morgan fingerprint density at radius 3 is 2.90 bits per heavy atom. The van der Waals surface area contributed by atoms with Crippen LogP contribution in [0.1, 0.15) is 24.7 Å². The topological polar surface area (TPSA) is 39.1 Å². The van der Waals surface area contributed by atoms with E-state index in [9.17, 15) is 0 Å². The fourth-order valence-corrected chi connectivity index (χ4v) is 2.59. The van der Waals surface area contributed by atoms with Gasteiger partial charge in [0.15, 0.2) is 0 Å². The molecule has 2 aromatic rings. The van der Waals surface area contributed by atoms with Crippen LogP contribution in [-0.4, -0.2) is 29.2 Å². The molecular weight excluding hydrogens is 262 g/mol. The first-order chi connectivity index (χ1) is 10.2. The second-order valence-electron chi connectivity index (χ2n) is 5.30. The molecule has 1 aromatic heterocycles. The molecule has 0 fully saturated rings. The van der Waals surface area contributed by atoms with Gasteiger partial charge in [0.1, 0.15) is 11.6 Å². The van der Waals surface area contributed by atoms with Crippen molar-refractivity contribution in [3.8, 4) is 5.75 Å². The second-order valence-corrected chi connectivity index (χ2v) is 5.30. The molecule has 1 aromatic carbocycles. The number of hydrogen-bond acceptors (Lipinski definition) is 3. The molecule has 0 aliphatic rings. The number of aryl methyl sites for hydroxylation is 2. The molecule has 0 spiro atoms. The molecule has 4 nitrogen and oxygen atoms in total. The van der Waals surface area contributed by atoms with Crippen LogP contribution in [0.5, 0.6) is 5.75 Å². The molecule has 0 saturated heterocycles. The predicted octanol–water partition coefficient (Wildman–Crippen LogP) is 2.58. The molecule has 1 heterocycles. The van der Waals surface area contributed by atoms with Crippen LogP contribution >= 0.6 is 0 Å². The highest BCUT2D eigenvalue weighted by molar-refractivity contribution is 5.29. The molecule has 21 heavy (non-hydrogen) atoms. The second kappa shape index (κ2) is 7.84. The number of aromatic nitrogens is 2. The summed E-state index contributed by atoms with van der Waals surface area (Å²) < 4.78 is 7.39. The number of ether oxygens (including phenoxy) is 1. The lowest BCUT2D eigenvalue weighted by atomic mass is 10.0. The smallest absolute Gasteiger partial charge is 0.119 e. The van der Waals surface area contributed by atoms with E-state index in [1.165, 1.54) is 5.56 Å². The number of hydrogen-bond donors (Lipinski definition) is 1. The molecule has 0 aliphatic heterocycles. The molecule has 1 atom stereocenters. The molecule has 0 radical (unpaired) electrons. The quantitative estimate of drug-likeness (QED) is 0.811. The van der Waals surface area contributed by atoms with Crippen molar-refractivity contribution in [2.45, 2.75) is 32.2 Å². The molecule has 0 bridgehead atoms. The maximum atomic E-state index is 5.30. The van der Waals surface area contributed by atoms with Gasteiger partial charge in [0.05, 0.1) is 7.11 Å². The summed E-state index contributed by atoms with van der Waals surface area (Å²) in [6.45, 7) is 3.13. The maximum absolute atomic E-state index is 5.30. The van der Waals surface area contributed by atoms with Crippen LogP contribution in [0.25, 0.3) is 0 Å². The number of nitrogens with zero attached hydrogens (tertiary/aromatic N) is 2. The van der Waals surface area contributed by atoms with Crippen molar-refractivity contribution < 1.29 is 4.74 Å². The minimum absolute atomic E-state index is 0.457. The van der Waals surface area contributed by atoms with Crippen molar-refractivity contribution in [3.63, 3.8) is 0 Å². The lowest BCUT2D eigenvalue weighted by Gasteiger charge is -2.18. The van der Waals surface area contributed by atoms with Crippen LogP contribution in [0.4, 0.5) is 0 Å². The Kier molecular flexibility index (Phi) is 5.81. The molecular formula is C17H25N3O. The van der Waals surface area contributed by atoms with Gasteiger partial charge in [0.25, 0.3) is 0 Å². The van der Waals surface area contributed by atoms with Gasteiger partial charge in [-0.05, 0) is 37.1 Å². The third-order valence-electron chi connectivity index (χ3n) is 3.75. The average molecular weight is 287 g/mol. The van der Waals surface area contributed by atoms with Crippen molar-refractivity contribution in [3.05, 3.63) is 48.0 Å². The number of likely N-dealkylation sites (N-methyl/N-ethyl adjacent to an activating group) is 1. The summed E-state index contributed by atoms with van der Waals surface area (Å²) in [6.07, 6.45) is 6.94. The Morgan fingerprint density at radius 2 is 2.24 bits per heavy atom. The summed E-state index contributed by atoms with van der Waals surface area (Å²) in [5.74, 6) is 2.07. The first-order valence-electron chi connectivity index (χ1n) is 7.55. The van der Waals surface area contributed by atoms with Crippen molar-refractivity contribution in [2.24, 2.45) is 7.05 Å². The summed E-state index contributed by atoms with van der Waals surface area (Å²) >= 11 is 0. The standard InChI is InChI=1S/C17H25N3O/c1-4-18-15(8-9-17-19-10-11-20(17)2)12-14-6-5-7-16(13-14)21-3/h5-7,10-11,13,15,18H,4,8-9,12H2,1-3H3. The monoisotopic (exact) mass is 287 g/mol. The number of nitrogens with one attached hydrogen (secondary N) is 1. The van der Waals surface area contributed by atoms with Crippen LogP contribution < -0.4 is 10.1 Å². The van der Waals surface area contributed by atoms with Gasteiger partial charge in [-0.3, -0.25) is 0 Å². The zero-order valence-electron chi connectivity index (χ0n) is 13.2. The SMILES string of the molecule is CCNC(CCc1nccn1C)Cc1cccc(OC)c1. The van der Waals surface area contributed by atoms with Crippen molar-refractivity contribution in [1.82, 2.24) is 14.9 Å². The number of rotatable bonds is 8. The van der Waals surface area contributed by atoms with E-state index in [1.54, 1.807) is 7.11 Å². The highest BCUT2D eigenvalue weighted by Crippen LogP contribution is 2.15. The van der Waals surface area contributed by atoms with Gasteiger partial charge in [-0.2, -0.15) is 0 Å². The largest absolute Gasteiger partial charge is 0.497 e. The Morgan fingerprint density at radius 1 is 1.38 bits per heavy atom. The minimum atomic E-state index is 0.457. The van der Waals surface area contributed by atoms with E-state index in [2.05, 4.69) is 40.0 Å². The first-order valence-corrected chi connectivity index (χ1v) is 7.55. The van der Waals surface area contributed by atoms with E-state index in [0.29, 0.717) is 6.04 Å². The van der Waals surface area contributed by atoms with Gasteiger partial charge in [-0.1, -0.05) is 19.1 Å². The first kappa shape index (κ1) is 15.6. The van der Waals surface area contributed by atoms with E-state index in [4.69, 9.17) is 4.74 Å². The highest BCUT2D eigenvalue weighted by Gasteiger charge is 2.11. The lowest BCUT2D eigenvalue weighted by molar-refractivity contribution is 0.413. The van der Waals surface area contributed by atoms with E-state index in [1.807, 2.05) is 25.5 Å². The molecule has 114 valence electrons. The van der Waals surface area contributed by atoms with Gasteiger partial charge in [-0.25, -0.2) is 4.98 Å². The lowest BCUT2D eigenvalue weighted by Crippen LogP contribution is -2.31. The van der Waals surface area contributed by atoms with E-state index >= 15 is 0 Å². The zero-order chi connectivity index (χ0) is 15.1. The van der Waals surface area contributed by atoms with Gasteiger partial charge in [0, 0.05) is 31.9 Å². The number of benzene rings is 1. The van der Waals surface area contributed by atoms with Gasteiger partial charge in [-0.15, -0.1) is 0 Å². The summed E-state index contributed by atoms with van der Waals surface area (Å²) in [4.78, 5) is 4.40. The van der Waals surface area contributed by atoms with Crippen molar-refractivity contribution in [2.75, 3.05) is 13.7 Å². The maximum Gasteiger partial charge on any atom is 0.119 e. The molecule has 0 aliphatic carbocycles. The van der Waals surface area contributed by atoms with Crippen LogP contribution in [0.3, 0.4) is 0 Å². The summed E-state index contributed by atoms with van der Waals surface area (Å²) in [7, 11) is 3.76. The third-order valence-corrected chi connectivity index (χ3v) is 3.75. The van der Waals surface area contributed by atoms with Crippen molar-refractivity contribution >= 4 is 0 Å². The average Bonchev–Trinajstić information content (AvgIpc) is 2.90. The zero-order valence-corrected chi connectivity index (χ0v) is 13.2. The molecule has 4 heteroatoms. The minimum Gasteiger partial charge on any atom is -0.497 e. The van der Waals surface area contributed by atoms with Gasteiger partial charge in [0.2, 0.25) is 0 Å². The summed E-state index contributed by atoms with van der Waals surface area (Å²) in [6, 6.07) is 8.77. The molecule has 0 saturated carbocycles. The summed E-state index contributed by atoms with van der Waals surface area (Å²) in [5.41, 5.74) is 1.31. The molecule has 2 rings (SSSR count). The van der Waals surface area contributed by atoms with Crippen LogP contribution in [-0.2, 0) is 19.9 Å². The van der Waals surface area contributed by atoms with Gasteiger partial charge >= 0.3 is 0 Å². The van der Waals surface area contributed by atoms with Crippen molar-refractivity contribution in [1.29, 1.82) is 0 Å². The predicted molar refractivity (Wildman–Crippen MR) is 85.7 cm³/mol. The van der Waals surface area contributed by atoms with E-state index in [0.717, 1.165) is 37.4 Å². The molecule has 0 amide bonds. The third kappa shape index (κ3) is 4.60. The number of methoxy groups -OCH3 is 1. The fraction of sp³-hybridized carbons (Fsp3) is 0.471. The van der Waals surface area contributed by atoms with E-state index in [-0.39, 0.29) is 0 Å². The van der Waals surface area contributed by atoms with Gasteiger partial charge < -0.3 is 14.6 Å².